The first-order valence-corrected chi connectivity index (χ1v) is 10.8. The summed E-state index contributed by atoms with van der Waals surface area (Å²) in [6, 6.07) is 0.557. The van der Waals surface area contributed by atoms with Crippen LogP contribution in [0.1, 0.15) is 58.8 Å². The maximum atomic E-state index is 6.10. The number of ether oxygens (including phenoxy) is 1. The molecule has 26 heavy (non-hydrogen) atoms. The van der Waals surface area contributed by atoms with Gasteiger partial charge in [-0.2, -0.15) is 0 Å². The smallest absolute Gasteiger partial charge is 0.168 e. The Hall–Kier alpha value is -0.650. The molecule has 0 bridgehead atoms. The fourth-order valence-corrected chi connectivity index (χ4v) is 3.65. The Balaban J connectivity index is 2.12. The molecule has 1 fully saturated rings. The van der Waals surface area contributed by atoms with Gasteiger partial charge in [-0.1, -0.05) is 19.9 Å². The van der Waals surface area contributed by atoms with Crippen LogP contribution in [-0.4, -0.2) is 67.4 Å². The molecule has 0 aromatic rings. The van der Waals surface area contributed by atoms with Gasteiger partial charge in [0.05, 0.1) is 6.10 Å². The second-order valence-electron chi connectivity index (χ2n) is 8.08. The van der Waals surface area contributed by atoms with Crippen LogP contribution >= 0.6 is 12.2 Å². The van der Waals surface area contributed by atoms with Crippen LogP contribution in [0.5, 0.6) is 0 Å². The monoisotopic (exact) mass is 383 g/mol. The molecular formula is C21H41N3OS. The van der Waals surface area contributed by atoms with E-state index in [1.54, 1.807) is 0 Å². The standard InChI is InChI=1S/C21H41N3OS/c1-6-15-23(4)16-7-8-17-25-20-11-9-19(10-12-20)24(5)21(26)22-14-13-18(2)3/h6,18-20H,1,7-17H2,2-5H3,(H,22,26)/t19-,20-. The largest absolute Gasteiger partial charge is 0.378 e. The van der Waals surface area contributed by atoms with Crippen LogP contribution in [-0.2, 0) is 4.74 Å². The van der Waals surface area contributed by atoms with Crippen LogP contribution in [0.4, 0.5) is 0 Å². The Labute approximate surface area is 167 Å². The molecule has 0 saturated heterocycles. The van der Waals surface area contributed by atoms with Crippen molar-refractivity contribution >= 4 is 17.3 Å². The van der Waals surface area contributed by atoms with E-state index in [1.807, 2.05) is 6.08 Å². The van der Waals surface area contributed by atoms with Crippen LogP contribution < -0.4 is 5.32 Å². The van der Waals surface area contributed by atoms with Crippen LogP contribution in [0.2, 0.25) is 0 Å². The average Bonchev–Trinajstić information content (AvgIpc) is 2.61. The number of likely N-dealkylation sites (N-methyl/N-ethyl adjacent to an activating group) is 1. The summed E-state index contributed by atoms with van der Waals surface area (Å²) in [5.41, 5.74) is 0. The zero-order valence-corrected chi connectivity index (χ0v) is 18.3. The number of nitrogens with one attached hydrogen (secondary N) is 1. The first kappa shape index (κ1) is 23.4. The summed E-state index contributed by atoms with van der Waals surface area (Å²) in [5.74, 6) is 0.713. The van der Waals surface area contributed by atoms with Crippen molar-refractivity contribution < 1.29 is 4.74 Å². The van der Waals surface area contributed by atoms with Gasteiger partial charge in [0.15, 0.2) is 5.11 Å². The number of rotatable bonds is 12. The Morgan fingerprint density at radius 2 is 1.92 bits per heavy atom. The van der Waals surface area contributed by atoms with Crippen molar-refractivity contribution in [2.75, 3.05) is 40.3 Å². The van der Waals surface area contributed by atoms with Crippen molar-refractivity contribution in [2.45, 2.75) is 70.9 Å². The van der Waals surface area contributed by atoms with Gasteiger partial charge in [0.25, 0.3) is 0 Å². The van der Waals surface area contributed by atoms with Crippen LogP contribution in [0.25, 0.3) is 0 Å². The molecule has 0 aliphatic heterocycles. The third-order valence-corrected chi connectivity index (χ3v) is 5.67. The second-order valence-corrected chi connectivity index (χ2v) is 8.47. The van der Waals surface area contributed by atoms with Crippen LogP contribution in [0.15, 0.2) is 12.7 Å². The van der Waals surface area contributed by atoms with Crippen molar-refractivity contribution in [3.05, 3.63) is 12.7 Å². The number of nitrogens with zero attached hydrogens (tertiary/aromatic N) is 2. The summed E-state index contributed by atoms with van der Waals surface area (Å²) in [6.45, 7) is 12.2. The number of thiocarbonyl (C=S) groups is 1. The van der Waals surface area contributed by atoms with E-state index < -0.39 is 0 Å². The molecule has 1 aliphatic carbocycles. The molecule has 0 heterocycles. The Morgan fingerprint density at radius 3 is 2.54 bits per heavy atom. The van der Waals surface area contributed by atoms with E-state index in [1.165, 1.54) is 19.3 Å². The van der Waals surface area contributed by atoms with E-state index >= 15 is 0 Å². The van der Waals surface area contributed by atoms with Gasteiger partial charge in [-0.15, -0.1) is 6.58 Å². The quantitative estimate of drug-likeness (QED) is 0.312. The molecule has 5 heteroatoms. The summed E-state index contributed by atoms with van der Waals surface area (Å²) in [7, 11) is 4.28. The van der Waals surface area contributed by atoms with Gasteiger partial charge in [-0.3, -0.25) is 0 Å². The zero-order valence-electron chi connectivity index (χ0n) is 17.5. The van der Waals surface area contributed by atoms with E-state index in [0.717, 1.165) is 57.0 Å². The molecule has 1 N–H and O–H groups in total. The molecule has 0 amide bonds. The molecule has 0 aromatic heterocycles. The fourth-order valence-electron chi connectivity index (χ4n) is 3.40. The maximum Gasteiger partial charge on any atom is 0.168 e. The van der Waals surface area contributed by atoms with Crippen molar-refractivity contribution in [1.29, 1.82) is 0 Å². The molecule has 1 aliphatic rings. The van der Waals surface area contributed by atoms with E-state index in [4.69, 9.17) is 17.0 Å². The summed E-state index contributed by atoms with van der Waals surface area (Å²) < 4.78 is 6.10. The maximum absolute atomic E-state index is 6.10. The third kappa shape index (κ3) is 9.89. The number of hydrogen-bond donors (Lipinski definition) is 1. The normalized spacial score (nSPS) is 20.4. The number of unbranched alkanes of at least 4 members (excludes halogenated alkanes) is 1. The molecule has 1 rings (SSSR count). The molecular weight excluding hydrogens is 342 g/mol. The minimum absolute atomic E-state index is 0.438. The molecule has 152 valence electrons. The lowest BCUT2D eigenvalue weighted by atomic mass is 9.92. The summed E-state index contributed by atoms with van der Waals surface area (Å²) >= 11 is 5.55. The third-order valence-electron chi connectivity index (χ3n) is 5.24. The molecule has 0 radical (unpaired) electrons. The second kappa shape index (κ2) is 13.5. The van der Waals surface area contributed by atoms with Crippen molar-refractivity contribution in [3.8, 4) is 0 Å². The van der Waals surface area contributed by atoms with E-state index in [9.17, 15) is 0 Å². The van der Waals surface area contributed by atoms with Crippen molar-refractivity contribution in [3.63, 3.8) is 0 Å². The lowest BCUT2D eigenvalue weighted by Gasteiger charge is -2.36. The van der Waals surface area contributed by atoms with Crippen LogP contribution in [0.3, 0.4) is 0 Å². The molecule has 1 saturated carbocycles. The average molecular weight is 384 g/mol. The molecule has 0 unspecified atom stereocenters. The summed E-state index contributed by atoms with van der Waals surface area (Å²) in [6.07, 6.45) is 10.6. The first-order valence-electron chi connectivity index (χ1n) is 10.4. The minimum atomic E-state index is 0.438. The number of hydrogen-bond acceptors (Lipinski definition) is 3. The topological polar surface area (TPSA) is 27.7 Å². The first-order chi connectivity index (χ1) is 12.4. The Kier molecular flexibility index (Phi) is 12.2. The highest BCUT2D eigenvalue weighted by atomic mass is 32.1. The molecule has 0 aromatic carbocycles. The Bertz CT molecular complexity index is 395. The van der Waals surface area contributed by atoms with Gasteiger partial charge in [0.2, 0.25) is 0 Å². The summed E-state index contributed by atoms with van der Waals surface area (Å²) in [4.78, 5) is 4.56. The predicted octanol–water partition coefficient (Wildman–Crippen LogP) is 4.06. The van der Waals surface area contributed by atoms with Gasteiger partial charge < -0.3 is 19.9 Å². The SMILES string of the molecule is C=CCN(C)CCCCO[C@H]1CC[C@H](N(C)C(=S)NCCC(C)C)CC1. The highest BCUT2D eigenvalue weighted by Crippen LogP contribution is 2.24. The molecule has 4 nitrogen and oxygen atoms in total. The van der Waals surface area contributed by atoms with Gasteiger partial charge in [0.1, 0.15) is 0 Å². The van der Waals surface area contributed by atoms with Crippen LogP contribution in [0, 0.1) is 5.92 Å². The van der Waals surface area contributed by atoms with Gasteiger partial charge in [-0.25, -0.2) is 0 Å². The zero-order chi connectivity index (χ0) is 19.4. The van der Waals surface area contributed by atoms with Gasteiger partial charge in [-0.05, 0) is 76.7 Å². The van der Waals surface area contributed by atoms with E-state index in [-0.39, 0.29) is 0 Å². The molecule has 0 spiro atoms. The lowest BCUT2D eigenvalue weighted by molar-refractivity contribution is 0.0144. The fraction of sp³-hybridized carbons (Fsp3) is 0.857. The Morgan fingerprint density at radius 1 is 1.23 bits per heavy atom. The van der Waals surface area contributed by atoms with Crippen molar-refractivity contribution in [1.82, 2.24) is 15.1 Å². The summed E-state index contributed by atoms with van der Waals surface area (Å²) in [5, 5.41) is 4.31. The molecule has 0 atom stereocenters. The van der Waals surface area contributed by atoms with E-state index in [0.29, 0.717) is 18.1 Å². The van der Waals surface area contributed by atoms with Crippen molar-refractivity contribution in [2.24, 2.45) is 5.92 Å². The minimum Gasteiger partial charge on any atom is -0.378 e. The van der Waals surface area contributed by atoms with Gasteiger partial charge in [0, 0.05) is 32.8 Å². The lowest BCUT2D eigenvalue weighted by Crippen LogP contribution is -2.45. The van der Waals surface area contributed by atoms with E-state index in [2.05, 4.69) is 49.6 Å². The van der Waals surface area contributed by atoms with Gasteiger partial charge >= 0.3 is 0 Å². The highest BCUT2D eigenvalue weighted by molar-refractivity contribution is 7.80. The predicted molar refractivity (Wildman–Crippen MR) is 117 cm³/mol. The highest BCUT2D eigenvalue weighted by Gasteiger charge is 2.25.